The molecule has 0 aliphatic heterocycles. The highest BCUT2D eigenvalue weighted by Gasteiger charge is 2.17. The summed E-state index contributed by atoms with van der Waals surface area (Å²) in [6.07, 6.45) is -1.16. The van der Waals surface area contributed by atoms with Gasteiger partial charge in [-0.1, -0.05) is 45.0 Å². The lowest BCUT2D eigenvalue weighted by atomic mass is 9.85. The second-order valence-corrected chi connectivity index (χ2v) is 7.04. The molecule has 0 unspecified atom stereocenters. The van der Waals surface area contributed by atoms with Crippen molar-refractivity contribution >= 4 is 0 Å². The van der Waals surface area contributed by atoms with Crippen LogP contribution in [-0.2, 0) is 12.0 Å². The lowest BCUT2D eigenvalue weighted by molar-refractivity contribution is 0.201. The minimum absolute atomic E-state index is 0.0353. The van der Waals surface area contributed by atoms with Crippen LogP contribution in [0.25, 0.3) is 11.1 Å². The molecule has 0 saturated heterocycles. The van der Waals surface area contributed by atoms with E-state index in [-0.39, 0.29) is 18.6 Å². The third-order valence-corrected chi connectivity index (χ3v) is 3.96. The van der Waals surface area contributed by atoms with E-state index in [1.54, 1.807) is 0 Å². The van der Waals surface area contributed by atoms with Gasteiger partial charge in [-0.15, -0.1) is 0 Å². The Kier molecular flexibility index (Phi) is 5.97. The number of rotatable bonds is 6. The quantitative estimate of drug-likeness (QED) is 0.847. The fourth-order valence-corrected chi connectivity index (χ4v) is 2.41. The lowest BCUT2D eigenvalue weighted by Crippen LogP contribution is -2.22. The van der Waals surface area contributed by atoms with Crippen LogP contribution < -0.4 is 16.2 Å². The molecule has 0 spiro atoms. The zero-order chi connectivity index (χ0) is 17.7. The first kappa shape index (κ1) is 18.4. The fraction of sp³-hybridized carbons (Fsp3) is 0.400. The number of alkyl halides is 1. The van der Waals surface area contributed by atoms with Gasteiger partial charge in [-0.2, -0.15) is 0 Å². The summed E-state index contributed by atoms with van der Waals surface area (Å²) in [4.78, 5) is 0. The van der Waals surface area contributed by atoms with Gasteiger partial charge in [0, 0.05) is 13.1 Å². The maximum atomic E-state index is 13.4. The first-order valence-electron chi connectivity index (χ1n) is 8.25. The van der Waals surface area contributed by atoms with Crippen LogP contribution >= 0.6 is 0 Å². The molecule has 4 N–H and O–H groups in total. The summed E-state index contributed by atoms with van der Waals surface area (Å²) >= 11 is 0. The van der Waals surface area contributed by atoms with Gasteiger partial charge >= 0.3 is 0 Å². The predicted octanol–water partition coefficient (Wildman–Crippen LogP) is 3.79. The van der Waals surface area contributed by atoms with Gasteiger partial charge in [-0.05, 0) is 45.9 Å². The summed E-state index contributed by atoms with van der Waals surface area (Å²) in [5.74, 6) is 0.659. The molecule has 0 aliphatic carbocycles. The molecule has 0 saturated carbocycles. The molecule has 0 aromatic heterocycles. The van der Waals surface area contributed by atoms with Crippen LogP contribution in [0.3, 0.4) is 0 Å². The highest BCUT2D eigenvalue weighted by Crippen LogP contribution is 2.32. The summed E-state index contributed by atoms with van der Waals surface area (Å²) in [6.45, 7) is 6.85. The zero-order valence-corrected chi connectivity index (χ0v) is 14.7. The second-order valence-electron chi connectivity index (χ2n) is 7.04. The molecule has 2 aromatic rings. The zero-order valence-electron chi connectivity index (χ0n) is 14.7. The third kappa shape index (κ3) is 4.79. The highest BCUT2D eigenvalue weighted by molar-refractivity contribution is 5.67. The van der Waals surface area contributed by atoms with E-state index in [0.29, 0.717) is 12.3 Å². The Morgan fingerprint density at radius 3 is 2.42 bits per heavy atom. The molecule has 0 radical (unpaired) electrons. The maximum Gasteiger partial charge on any atom is 0.146 e. The summed E-state index contributed by atoms with van der Waals surface area (Å²) in [5, 5.41) is 0. The van der Waals surface area contributed by atoms with Gasteiger partial charge in [-0.25, -0.2) is 4.39 Å². The number of ether oxygens (including phenoxy) is 1. The first-order valence-corrected chi connectivity index (χ1v) is 8.25. The van der Waals surface area contributed by atoms with Crippen LogP contribution in [0.2, 0.25) is 0 Å². The molecule has 0 fully saturated rings. The molecule has 1 atom stereocenters. The lowest BCUT2D eigenvalue weighted by Gasteiger charge is -2.22. The maximum absolute atomic E-state index is 13.4. The van der Waals surface area contributed by atoms with E-state index in [9.17, 15) is 4.39 Å². The average molecular weight is 330 g/mol. The predicted molar refractivity (Wildman–Crippen MR) is 97.9 cm³/mol. The monoisotopic (exact) mass is 330 g/mol. The number of benzene rings is 2. The number of nitrogens with two attached hydrogens (primary N) is 2. The molecule has 0 amide bonds. The van der Waals surface area contributed by atoms with E-state index in [1.807, 2.05) is 30.3 Å². The van der Waals surface area contributed by atoms with E-state index < -0.39 is 6.17 Å². The molecule has 4 heteroatoms. The Balaban J connectivity index is 2.42. The summed E-state index contributed by atoms with van der Waals surface area (Å²) in [7, 11) is 0. The number of halogens is 1. The van der Waals surface area contributed by atoms with Gasteiger partial charge in [0.05, 0.1) is 0 Å². The molecule has 0 aliphatic rings. The Morgan fingerprint density at radius 1 is 1.04 bits per heavy atom. The van der Waals surface area contributed by atoms with Crippen molar-refractivity contribution in [3.63, 3.8) is 0 Å². The van der Waals surface area contributed by atoms with Crippen molar-refractivity contribution in [1.29, 1.82) is 0 Å². The molecule has 2 aromatic carbocycles. The smallest absolute Gasteiger partial charge is 0.146 e. The Bertz CT molecular complexity index is 680. The SMILES string of the molecule is CC(C)(C)c1cc(OC[C@H](F)CN)cc(-c2cccc(CN)c2)c1. The highest BCUT2D eigenvalue weighted by atomic mass is 19.1. The first-order chi connectivity index (χ1) is 11.3. The Morgan fingerprint density at radius 2 is 1.79 bits per heavy atom. The van der Waals surface area contributed by atoms with Crippen molar-refractivity contribution in [2.75, 3.05) is 13.2 Å². The molecule has 130 valence electrons. The van der Waals surface area contributed by atoms with E-state index in [2.05, 4.69) is 32.9 Å². The summed E-state index contributed by atoms with van der Waals surface area (Å²) in [6, 6.07) is 14.2. The van der Waals surface area contributed by atoms with E-state index in [0.717, 1.165) is 22.3 Å². The van der Waals surface area contributed by atoms with Crippen LogP contribution in [0.15, 0.2) is 42.5 Å². The van der Waals surface area contributed by atoms with Crippen molar-refractivity contribution in [1.82, 2.24) is 0 Å². The molecule has 2 rings (SSSR count). The van der Waals surface area contributed by atoms with Crippen LogP contribution in [0.1, 0.15) is 31.9 Å². The van der Waals surface area contributed by atoms with E-state index in [1.165, 1.54) is 0 Å². The molecular formula is C20H27FN2O. The molecule has 0 heterocycles. The molecular weight excluding hydrogens is 303 g/mol. The summed E-state index contributed by atoms with van der Waals surface area (Å²) < 4.78 is 19.0. The van der Waals surface area contributed by atoms with E-state index in [4.69, 9.17) is 16.2 Å². The van der Waals surface area contributed by atoms with Crippen LogP contribution in [-0.4, -0.2) is 19.3 Å². The molecule has 0 bridgehead atoms. The average Bonchev–Trinajstić information content (AvgIpc) is 2.58. The number of hydrogen-bond acceptors (Lipinski definition) is 3. The third-order valence-electron chi connectivity index (χ3n) is 3.96. The molecule has 24 heavy (non-hydrogen) atoms. The van der Waals surface area contributed by atoms with Crippen molar-refractivity contribution in [3.8, 4) is 16.9 Å². The summed E-state index contributed by atoms with van der Waals surface area (Å²) in [5.41, 5.74) is 15.3. The van der Waals surface area contributed by atoms with Crippen LogP contribution in [0, 0.1) is 0 Å². The minimum Gasteiger partial charge on any atom is -0.490 e. The van der Waals surface area contributed by atoms with Crippen molar-refractivity contribution in [2.24, 2.45) is 11.5 Å². The van der Waals surface area contributed by atoms with E-state index >= 15 is 0 Å². The number of hydrogen-bond donors (Lipinski definition) is 2. The normalized spacial score (nSPS) is 12.9. The van der Waals surface area contributed by atoms with Crippen LogP contribution in [0.4, 0.5) is 4.39 Å². The van der Waals surface area contributed by atoms with Gasteiger partial charge in [0.2, 0.25) is 0 Å². The Labute approximate surface area is 143 Å². The molecule has 3 nitrogen and oxygen atoms in total. The second kappa shape index (κ2) is 7.77. The van der Waals surface area contributed by atoms with Gasteiger partial charge in [0.1, 0.15) is 18.5 Å². The van der Waals surface area contributed by atoms with Crippen molar-refractivity contribution < 1.29 is 9.13 Å². The van der Waals surface area contributed by atoms with Gasteiger partial charge in [-0.3, -0.25) is 0 Å². The largest absolute Gasteiger partial charge is 0.490 e. The minimum atomic E-state index is -1.16. The van der Waals surface area contributed by atoms with Gasteiger partial charge < -0.3 is 16.2 Å². The van der Waals surface area contributed by atoms with Crippen molar-refractivity contribution in [2.45, 2.75) is 38.9 Å². The van der Waals surface area contributed by atoms with Gasteiger partial charge in [0.15, 0.2) is 0 Å². The van der Waals surface area contributed by atoms with Crippen molar-refractivity contribution in [3.05, 3.63) is 53.6 Å². The van der Waals surface area contributed by atoms with Gasteiger partial charge in [0.25, 0.3) is 0 Å². The Hall–Kier alpha value is -1.91. The topological polar surface area (TPSA) is 61.3 Å². The standard InChI is InChI=1S/C20H27FN2O/c1-20(2,3)17-8-16(15-6-4-5-14(7-15)11-22)9-19(10-17)24-13-18(21)12-23/h4-10,18H,11-13,22-23H2,1-3H3/t18-/m1/s1. The fourth-order valence-electron chi connectivity index (χ4n) is 2.41. The van der Waals surface area contributed by atoms with Crippen LogP contribution in [0.5, 0.6) is 5.75 Å².